The summed E-state index contributed by atoms with van der Waals surface area (Å²) in [6.45, 7) is 2.25. The fraction of sp³-hybridized carbons (Fsp3) is 0.588. The van der Waals surface area contributed by atoms with Gasteiger partial charge in [-0.05, 0) is 43.2 Å². The van der Waals surface area contributed by atoms with Gasteiger partial charge in [0.25, 0.3) is 0 Å². The fourth-order valence-corrected chi connectivity index (χ4v) is 3.87. The van der Waals surface area contributed by atoms with Crippen LogP contribution in [0.5, 0.6) is 0 Å². The lowest BCUT2D eigenvalue weighted by Gasteiger charge is -2.45. The molecule has 3 rings (SSSR count). The number of nitriles is 1. The van der Waals surface area contributed by atoms with Crippen LogP contribution in [0.15, 0.2) is 24.3 Å². The second kappa shape index (κ2) is 5.25. The largest absolute Gasteiger partial charge is 0.370 e. The molecule has 2 heteroatoms. The molecular formula is C17H22N2. The first-order valence-electron chi connectivity index (χ1n) is 7.57. The predicted octanol–water partition coefficient (Wildman–Crippen LogP) is 4.11. The molecule has 0 radical (unpaired) electrons. The summed E-state index contributed by atoms with van der Waals surface area (Å²) >= 11 is 0. The number of piperidine rings is 1. The summed E-state index contributed by atoms with van der Waals surface area (Å²) < 4.78 is 0. The van der Waals surface area contributed by atoms with E-state index in [1.807, 2.05) is 18.2 Å². The predicted molar refractivity (Wildman–Crippen MR) is 78.1 cm³/mol. The van der Waals surface area contributed by atoms with Crippen molar-refractivity contribution >= 4 is 5.69 Å². The molecular weight excluding hydrogens is 232 g/mol. The van der Waals surface area contributed by atoms with E-state index in [2.05, 4.69) is 17.0 Å². The number of hydrogen-bond donors (Lipinski definition) is 0. The summed E-state index contributed by atoms with van der Waals surface area (Å²) in [5.41, 5.74) is 2.59. The average molecular weight is 254 g/mol. The first-order chi connectivity index (χ1) is 9.33. The number of nitrogens with zero attached hydrogens (tertiary/aromatic N) is 2. The summed E-state index contributed by atoms with van der Waals surface area (Å²) in [4.78, 5) is 2.42. The molecule has 1 saturated heterocycles. The van der Waals surface area contributed by atoms with Crippen molar-refractivity contribution in [3.05, 3.63) is 29.8 Å². The monoisotopic (exact) mass is 254 g/mol. The number of benzene rings is 1. The maximum atomic E-state index is 9.21. The minimum absolute atomic E-state index is 0.635. The van der Waals surface area contributed by atoms with E-state index >= 15 is 0 Å². The first-order valence-corrected chi connectivity index (χ1v) is 7.57. The molecule has 1 heterocycles. The number of para-hydroxylation sites is 1. The van der Waals surface area contributed by atoms with Crippen LogP contribution in [-0.2, 0) is 0 Å². The van der Waals surface area contributed by atoms with Crippen molar-refractivity contribution in [2.24, 2.45) is 5.41 Å². The Labute approximate surface area is 116 Å². The Morgan fingerprint density at radius 2 is 1.63 bits per heavy atom. The van der Waals surface area contributed by atoms with Gasteiger partial charge in [-0.15, -0.1) is 0 Å². The van der Waals surface area contributed by atoms with Crippen molar-refractivity contribution in [3.63, 3.8) is 0 Å². The molecule has 2 nitrogen and oxygen atoms in total. The van der Waals surface area contributed by atoms with E-state index in [-0.39, 0.29) is 0 Å². The second-order valence-corrected chi connectivity index (χ2v) is 6.18. The first kappa shape index (κ1) is 12.5. The minimum atomic E-state index is 0.635. The maximum absolute atomic E-state index is 9.21. The molecule has 1 aromatic carbocycles. The van der Waals surface area contributed by atoms with E-state index in [1.165, 1.54) is 44.9 Å². The third-order valence-electron chi connectivity index (χ3n) is 5.10. The molecule has 0 aromatic heterocycles. The molecule has 2 aliphatic rings. The summed E-state index contributed by atoms with van der Waals surface area (Å²) in [5, 5.41) is 9.21. The summed E-state index contributed by atoms with van der Waals surface area (Å²) in [7, 11) is 0. The Morgan fingerprint density at radius 3 is 2.32 bits per heavy atom. The van der Waals surface area contributed by atoms with Crippen LogP contribution >= 0.6 is 0 Å². The molecule has 1 saturated carbocycles. The highest BCUT2D eigenvalue weighted by Crippen LogP contribution is 2.45. The lowest BCUT2D eigenvalue weighted by atomic mass is 9.68. The number of anilines is 1. The van der Waals surface area contributed by atoms with Gasteiger partial charge in [0.05, 0.1) is 11.3 Å². The van der Waals surface area contributed by atoms with Crippen molar-refractivity contribution in [2.45, 2.75) is 44.9 Å². The van der Waals surface area contributed by atoms with Crippen LogP contribution in [0.1, 0.15) is 50.5 Å². The molecule has 0 unspecified atom stereocenters. The van der Waals surface area contributed by atoms with Gasteiger partial charge in [-0.1, -0.05) is 31.4 Å². The number of hydrogen-bond acceptors (Lipinski definition) is 2. The van der Waals surface area contributed by atoms with Gasteiger partial charge in [0, 0.05) is 13.1 Å². The van der Waals surface area contributed by atoms with Crippen LogP contribution < -0.4 is 4.90 Å². The maximum Gasteiger partial charge on any atom is 0.101 e. The highest BCUT2D eigenvalue weighted by molar-refractivity contribution is 5.59. The van der Waals surface area contributed by atoms with Gasteiger partial charge in [-0.3, -0.25) is 0 Å². The summed E-state index contributed by atoms with van der Waals surface area (Å²) in [5.74, 6) is 0. The van der Waals surface area contributed by atoms with Crippen LogP contribution in [0.25, 0.3) is 0 Å². The molecule has 0 amide bonds. The lowest BCUT2D eigenvalue weighted by Crippen LogP contribution is -2.41. The smallest absolute Gasteiger partial charge is 0.101 e. The molecule has 1 spiro atoms. The van der Waals surface area contributed by atoms with E-state index in [0.29, 0.717) is 5.41 Å². The molecule has 0 bridgehead atoms. The Morgan fingerprint density at radius 1 is 0.947 bits per heavy atom. The Bertz CT molecular complexity index is 470. The van der Waals surface area contributed by atoms with Crippen LogP contribution in [0.3, 0.4) is 0 Å². The summed E-state index contributed by atoms with van der Waals surface area (Å²) in [6, 6.07) is 10.3. The SMILES string of the molecule is N#Cc1ccccc1N1CCC2(CCCCC2)CC1. The molecule has 100 valence electrons. The fourth-order valence-electron chi connectivity index (χ4n) is 3.87. The van der Waals surface area contributed by atoms with Gasteiger partial charge in [0.1, 0.15) is 6.07 Å². The van der Waals surface area contributed by atoms with Gasteiger partial charge in [0.2, 0.25) is 0 Å². The zero-order valence-electron chi connectivity index (χ0n) is 11.6. The van der Waals surface area contributed by atoms with E-state index in [9.17, 15) is 5.26 Å². The minimum Gasteiger partial charge on any atom is -0.370 e. The molecule has 19 heavy (non-hydrogen) atoms. The highest BCUT2D eigenvalue weighted by atomic mass is 15.1. The van der Waals surface area contributed by atoms with E-state index in [1.54, 1.807) is 0 Å². The van der Waals surface area contributed by atoms with Crippen LogP contribution in [0, 0.1) is 16.7 Å². The van der Waals surface area contributed by atoms with Crippen LogP contribution in [0.2, 0.25) is 0 Å². The number of rotatable bonds is 1. The normalized spacial score (nSPS) is 22.2. The third kappa shape index (κ3) is 2.47. The molecule has 0 atom stereocenters. The molecule has 2 fully saturated rings. The zero-order valence-corrected chi connectivity index (χ0v) is 11.6. The standard InChI is InChI=1S/C17H22N2/c18-14-15-6-2-3-7-16(15)19-12-10-17(11-13-19)8-4-1-5-9-17/h2-3,6-7H,1,4-5,8-13H2. The average Bonchev–Trinajstić information content (AvgIpc) is 2.49. The summed E-state index contributed by atoms with van der Waals surface area (Å²) in [6.07, 6.45) is 9.77. The highest BCUT2D eigenvalue weighted by Gasteiger charge is 2.35. The van der Waals surface area contributed by atoms with Crippen molar-refractivity contribution in [2.75, 3.05) is 18.0 Å². The second-order valence-electron chi connectivity index (χ2n) is 6.18. The topological polar surface area (TPSA) is 27.0 Å². The lowest BCUT2D eigenvalue weighted by molar-refractivity contribution is 0.144. The Kier molecular flexibility index (Phi) is 3.46. The quantitative estimate of drug-likeness (QED) is 0.754. The molecule has 0 N–H and O–H groups in total. The van der Waals surface area contributed by atoms with Crippen molar-refractivity contribution in [3.8, 4) is 6.07 Å². The van der Waals surface area contributed by atoms with E-state index in [0.717, 1.165) is 24.3 Å². The van der Waals surface area contributed by atoms with Crippen LogP contribution in [-0.4, -0.2) is 13.1 Å². The Balaban J connectivity index is 1.71. The van der Waals surface area contributed by atoms with Gasteiger partial charge in [-0.2, -0.15) is 5.26 Å². The molecule has 1 aromatic rings. The van der Waals surface area contributed by atoms with Crippen molar-refractivity contribution in [1.82, 2.24) is 0 Å². The van der Waals surface area contributed by atoms with Gasteiger partial charge in [0.15, 0.2) is 0 Å². The molecule has 1 aliphatic carbocycles. The Hall–Kier alpha value is -1.49. The van der Waals surface area contributed by atoms with E-state index in [4.69, 9.17) is 0 Å². The third-order valence-corrected chi connectivity index (χ3v) is 5.10. The van der Waals surface area contributed by atoms with Crippen LogP contribution in [0.4, 0.5) is 5.69 Å². The van der Waals surface area contributed by atoms with Gasteiger partial charge >= 0.3 is 0 Å². The van der Waals surface area contributed by atoms with Crippen molar-refractivity contribution in [1.29, 1.82) is 5.26 Å². The van der Waals surface area contributed by atoms with Gasteiger partial charge < -0.3 is 4.90 Å². The zero-order chi connectivity index (χ0) is 13.1. The van der Waals surface area contributed by atoms with E-state index < -0.39 is 0 Å². The molecule has 1 aliphatic heterocycles. The van der Waals surface area contributed by atoms with Gasteiger partial charge in [-0.25, -0.2) is 0 Å². The van der Waals surface area contributed by atoms with Crippen molar-refractivity contribution < 1.29 is 0 Å².